The van der Waals surface area contributed by atoms with E-state index < -0.39 is 0 Å². The maximum Gasteiger partial charge on any atom is 0.196 e. The summed E-state index contributed by atoms with van der Waals surface area (Å²) in [5.74, 6) is 0.941. The Balaban J connectivity index is 1.98. The molecule has 0 bridgehead atoms. The van der Waals surface area contributed by atoms with Gasteiger partial charge < -0.3 is 10.6 Å². The molecule has 2 aliphatic rings. The summed E-state index contributed by atoms with van der Waals surface area (Å²) in [6.45, 7) is 2.93. The molecule has 1 spiro atoms. The summed E-state index contributed by atoms with van der Waals surface area (Å²) in [5.41, 5.74) is 6.55. The molecule has 20 heavy (non-hydrogen) atoms. The first-order valence-electron chi connectivity index (χ1n) is 7.51. The maximum absolute atomic E-state index is 14.2. The Bertz CT molecular complexity index is 528. The minimum absolute atomic E-state index is 0.106. The number of guanidine groups is 1. The molecular weight excluding hydrogens is 253 g/mol. The molecule has 1 aromatic carbocycles. The van der Waals surface area contributed by atoms with Gasteiger partial charge in [0.15, 0.2) is 5.96 Å². The van der Waals surface area contributed by atoms with Gasteiger partial charge in [-0.25, -0.2) is 4.39 Å². The molecule has 1 fully saturated rings. The summed E-state index contributed by atoms with van der Waals surface area (Å²) >= 11 is 0. The molecule has 3 nitrogen and oxygen atoms in total. The van der Waals surface area contributed by atoms with Crippen molar-refractivity contribution in [3.8, 4) is 0 Å². The molecule has 0 radical (unpaired) electrons. The van der Waals surface area contributed by atoms with E-state index in [4.69, 9.17) is 5.73 Å². The number of para-hydroxylation sites is 1. The van der Waals surface area contributed by atoms with Crippen LogP contribution in [0.3, 0.4) is 0 Å². The number of hydrogen-bond donors (Lipinski definition) is 1. The summed E-state index contributed by atoms with van der Waals surface area (Å²) in [7, 11) is 0. The summed E-state index contributed by atoms with van der Waals surface area (Å²) in [5, 5.41) is 0. The lowest BCUT2D eigenvalue weighted by Crippen LogP contribution is -2.54. The number of nitrogens with two attached hydrogens (primary N) is 1. The van der Waals surface area contributed by atoms with Crippen LogP contribution in [0.4, 0.5) is 10.1 Å². The standard InChI is InChI=1S/C16H22FN3/c1-2-12-6-5-9-16(10-12)11-19-15(18)20(16)14-8-4-3-7-13(14)17/h3-4,7-8,12H,2,5-6,9-11H2,1H3,(H2,18,19). The molecule has 4 heteroatoms. The molecule has 1 aliphatic heterocycles. The third kappa shape index (κ3) is 2.07. The minimum atomic E-state index is -0.217. The van der Waals surface area contributed by atoms with Gasteiger partial charge in [-0.05, 0) is 30.9 Å². The number of rotatable bonds is 2. The molecule has 1 saturated carbocycles. The number of halogens is 1. The molecule has 1 heterocycles. The number of benzene rings is 1. The van der Waals surface area contributed by atoms with Gasteiger partial charge in [0, 0.05) is 0 Å². The summed E-state index contributed by atoms with van der Waals surface area (Å²) in [6.07, 6.45) is 5.71. The molecule has 2 unspecified atom stereocenters. The summed E-state index contributed by atoms with van der Waals surface area (Å²) in [4.78, 5) is 6.40. The lowest BCUT2D eigenvalue weighted by atomic mass is 9.74. The van der Waals surface area contributed by atoms with Crippen LogP contribution in [0.25, 0.3) is 0 Å². The summed E-state index contributed by atoms with van der Waals surface area (Å²) < 4.78 is 14.2. The van der Waals surface area contributed by atoms with Gasteiger partial charge in [-0.1, -0.05) is 38.3 Å². The van der Waals surface area contributed by atoms with Gasteiger partial charge in [-0.2, -0.15) is 0 Å². The quantitative estimate of drug-likeness (QED) is 0.899. The van der Waals surface area contributed by atoms with E-state index in [1.807, 2.05) is 11.0 Å². The van der Waals surface area contributed by atoms with Crippen LogP contribution in [0, 0.1) is 11.7 Å². The van der Waals surface area contributed by atoms with E-state index in [2.05, 4.69) is 11.9 Å². The highest BCUT2D eigenvalue weighted by atomic mass is 19.1. The van der Waals surface area contributed by atoms with Crippen molar-refractivity contribution in [1.82, 2.24) is 0 Å². The fraction of sp³-hybridized carbons (Fsp3) is 0.562. The van der Waals surface area contributed by atoms with Crippen LogP contribution in [-0.2, 0) is 0 Å². The second-order valence-electron chi connectivity index (χ2n) is 6.06. The van der Waals surface area contributed by atoms with Crippen molar-refractivity contribution in [2.75, 3.05) is 11.4 Å². The molecular formula is C16H22FN3. The Hall–Kier alpha value is -1.58. The highest BCUT2D eigenvalue weighted by Crippen LogP contribution is 2.43. The van der Waals surface area contributed by atoms with Crippen LogP contribution in [0.15, 0.2) is 29.3 Å². The van der Waals surface area contributed by atoms with Gasteiger partial charge >= 0.3 is 0 Å². The van der Waals surface area contributed by atoms with Gasteiger partial charge in [0.25, 0.3) is 0 Å². The smallest absolute Gasteiger partial charge is 0.196 e. The van der Waals surface area contributed by atoms with E-state index in [0.29, 0.717) is 24.1 Å². The zero-order valence-electron chi connectivity index (χ0n) is 12.0. The van der Waals surface area contributed by atoms with Crippen molar-refractivity contribution in [1.29, 1.82) is 0 Å². The molecule has 0 amide bonds. The first kappa shape index (κ1) is 13.4. The van der Waals surface area contributed by atoms with Crippen LogP contribution in [0.1, 0.15) is 39.0 Å². The lowest BCUT2D eigenvalue weighted by molar-refractivity contribution is 0.234. The van der Waals surface area contributed by atoms with Crippen LogP contribution >= 0.6 is 0 Å². The lowest BCUT2D eigenvalue weighted by Gasteiger charge is -2.44. The number of aliphatic imine (C=N–C) groups is 1. The molecule has 1 aromatic rings. The Kier molecular flexibility index (Phi) is 3.40. The van der Waals surface area contributed by atoms with Crippen molar-refractivity contribution in [3.63, 3.8) is 0 Å². The predicted octanol–water partition coefficient (Wildman–Crippen LogP) is 3.30. The van der Waals surface area contributed by atoms with Gasteiger partial charge in [-0.3, -0.25) is 4.99 Å². The normalized spacial score (nSPS) is 29.8. The Labute approximate surface area is 119 Å². The molecule has 2 N–H and O–H groups in total. The van der Waals surface area contributed by atoms with Crippen molar-refractivity contribution >= 4 is 11.6 Å². The SMILES string of the molecule is CCC1CCCC2(CN=C(N)N2c2ccccc2F)C1. The van der Waals surface area contributed by atoms with Crippen molar-refractivity contribution in [2.24, 2.45) is 16.6 Å². The van der Waals surface area contributed by atoms with Gasteiger partial charge in [0.1, 0.15) is 5.82 Å². The largest absolute Gasteiger partial charge is 0.369 e. The second kappa shape index (κ2) is 5.08. The van der Waals surface area contributed by atoms with E-state index in [1.54, 1.807) is 12.1 Å². The van der Waals surface area contributed by atoms with Crippen LogP contribution in [0.2, 0.25) is 0 Å². The van der Waals surface area contributed by atoms with Crippen molar-refractivity contribution < 1.29 is 4.39 Å². The van der Waals surface area contributed by atoms with E-state index >= 15 is 0 Å². The van der Waals surface area contributed by atoms with E-state index in [1.165, 1.54) is 25.3 Å². The molecule has 108 valence electrons. The van der Waals surface area contributed by atoms with E-state index in [9.17, 15) is 4.39 Å². The zero-order chi connectivity index (χ0) is 14.2. The van der Waals surface area contributed by atoms with Gasteiger partial charge in [0.2, 0.25) is 0 Å². The van der Waals surface area contributed by atoms with E-state index in [-0.39, 0.29) is 11.4 Å². The third-order valence-corrected chi connectivity index (χ3v) is 4.83. The fourth-order valence-electron chi connectivity index (χ4n) is 3.78. The molecule has 0 saturated heterocycles. The zero-order valence-corrected chi connectivity index (χ0v) is 12.0. The predicted molar refractivity (Wildman–Crippen MR) is 80.3 cm³/mol. The first-order valence-corrected chi connectivity index (χ1v) is 7.51. The Morgan fingerprint density at radius 2 is 2.25 bits per heavy atom. The van der Waals surface area contributed by atoms with Crippen LogP contribution < -0.4 is 10.6 Å². The Morgan fingerprint density at radius 3 is 3.00 bits per heavy atom. The second-order valence-corrected chi connectivity index (χ2v) is 6.06. The minimum Gasteiger partial charge on any atom is -0.369 e. The van der Waals surface area contributed by atoms with Crippen LogP contribution in [-0.4, -0.2) is 18.0 Å². The first-order chi connectivity index (χ1) is 9.66. The van der Waals surface area contributed by atoms with Crippen molar-refractivity contribution in [2.45, 2.75) is 44.6 Å². The molecule has 3 rings (SSSR count). The monoisotopic (exact) mass is 275 g/mol. The fourth-order valence-corrected chi connectivity index (χ4v) is 3.78. The molecule has 0 aromatic heterocycles. The maximum atomic E-state index is 14.2. The van der Waals surface area contributed by atoms with Gasteiger partial charge in [0.05, 0.1) is 17.8 Å². The third-order valence-electron chi connectivity index (χ3n) is 4.83. The van der Waals surface area contributed by atoms with Crippen LogP contribution in [0.5, 0.6) is 0 Å². The van der Waals surface area contributed by atoms with Gasteiger partial charge in [-0.15, -0.1) is 0 Å². The number of hydrogen-bond acceptors (Lipinski definition) is 3. The topological polar surface area (TPSA) is 41.6 Å². The highest BCUT2D eigenvalue weighted by Gasteiger charge is 2.46. The average Bonchev–Trinajstić information content (AvgIpc) is 2.76. The van der Waals surface area contributed by atoms with Crippen molar-refractivity contribution in [3.05, 3.63) is 30.1 Å². The van der Waals surface area contributed by atoms with E-state index in [0.717, 1.165) is 12.8 Å². The number of anilines is 1. The highest BCUT2D eigenvalue weighted by molar-refractivity contribution is 5.98. The average molecular weight is 275 g/mol. The molecule has 1 aliphatic carbocycles. The number of nitrogens with zero attached hydrogens (tertiary/aromatic N) is 2. The Morgan fingerprint density at radius 1 is 1.45 bits per heavy atom. The molecule has 2 atom stereocenters. The summed E-state index contributed by atoms with van der Waals surface area (Å²) in [6, 6.07) is 6.87.